The smallest absolute Gasteiger partial charge is 0.411 e. The minimum absolute atomic E-state index is 0.241. The van der Waals surface area contributed by atoms with Gasteiger partial charge in [-0.3, -0.25) is 0 Å². The molecule has 21 heavy (non-hydrogen) atoms. The summed E-state index contributed by atoms with van der Waals surface area (Å²) in [6.45, 7) is -1.41. The first kappa shape index (κ1) is 16.7. The highest BCUT2D eigenvalue weighted by atomic mass is 35.5. The molecule has 0 aliphatic heterocycles. The molecule has 1 N–H and O–H groups in total. The molecule has 0 amide bonds. The van der Waals surface area contributed by atoms with Crippen molar-refractivity contribution in [1.29, 1.82) is 0 Å². The van der Waals surface area contributed by atoms with E-state index in [0.29, 0.717) is 23.2 Å². The third kappa shape index (κ3) is 5.90. The standard InChI is InChI=1S/C13H14Cl2F3NO2/c14-9-3-8(5-19-10-1-2-10)12(11(15)4-9)21-7-20-6-13(16,17)18/h3-4,10,19H,1-2,5-7H2. The lowest BCUT2D eigenvalue weighted by molar-refractivity contribution is -0.186. The molecule has 0 unspecified atom stereocenters. The van der Waals surface area contributed by atoms with Crippen molar-refractivity contribution in [3.8, 4) is 5.75 Å². The zero-order chi connectivity index (χ0) is 15.5. The maximum absolute atomic E-state index is 12.0. The Labute approximate surface area is 130 Å². The molecule has 0 spiro atoms. The number of rotatable bonds is 7. The first-order chi connectivity index (χ1) is 9.85. The fourth-order valence-electron chi connectivity index (χ4n) is 1.71. The van der Waals surface area contributed by atoms with Crippen LogP contribution in [0.4, 0.5) is 13.2 Å². The molecule has 0 saturated heterocycles. The summed E-state index contributed by atoms with van der Waals surface area (Å²) in [6, 6.07) is 3.61. The van der Waals surface area contributed by atoms with E-state index in [0.717, 1.165) is 12.8 Å². The van der Waals surface area contributed by atoms with Crippen molar-refractivity contribution in [2.24, 2.45) is 0 Å². The molecular weight excluding hydrogens is 330 g/mol. The second kappa shape index (κ2) is 7.05. The van der Waals surface area contributed by atoms with Gasteiger partial charge in [-0.25, -0.2) is 0 Å². The fraction of sp³-hybridized carbons (Fsp3) is 0.538. The number of hydrogen-bond donors (Lipinski definition) is 1. The molecule has 1 aliphatic rings. The van der Waals surface area contributed by atoms with Gasteiger partial charge in [0.25, 0.3) is 0 Å². The topological polar surface area (TPSA) is 30.5 Å². The summed E-state index contributed by atoms with van der Waals surface area (Å²) in [5.41, 5.74) is 0.690. The molecule has 1 saturated carbocycles. The van der Waals surface area contributed by atoms with Crippen molar-refractivity contribution in [3.05, 3.63) is 27.7 Å². The Morgan fingerprint density at radius 2 is 1.95 bits per heavy atom. The monoisotopic (exact) mass is 343 g/mol. The fourth-order valence-corrected chi connectivity index (χ4v) is 2.30. The van der Waals surface area contributed by atoms with Gasteiger partial charge in [0.2, 0.25) is 0 Å². The highest BCUT2D eigenvalue weighted by Gasteiger charge is 2.27. The molecule has 1 fully saturated rings. The van der Waals surface area contributed by atoms with Crippen molar-refractivity contribution >= 4 is 23.2 Å². The van der Waals surface area contributed by atoms with Crippen LogP contribution in [0.3, 0.4) is 0 Å². The molecular formula is C13H14Cl2F3NO2. The second-order valence-electron chi connectivity index (χ2n) is 4.76. The van der Waals surface area contributed by atoms with Gasteiger partial charge < -0.3 is 14.8 Å². The van der Waals surface area contributed by atoms with E-state index in [9.17, 15) is 13.2 Å². The maximum atomic E-state index is 12.0. The zero-order valence-electron chi connectivity index (χ0n) is 11.0. The average molecular weight is 344 g/mol. The van der Waals surface area contributed by atoms with Crippen molar-refractivity contribution in [2.45, 2.75) is 31.6 Å². The van der Waals surface area contributed by atoms with Crippen LogP contribution < -0.4 is 10.1 Å². The van der Waals surface area contributed by atoms with E-state index in [2.05, 4.69) is 10.1 Å². The zero-order valence-corrected chi connectivity index (χ0v) is 12.5. The lowest BCUT2D eigenvalue weighted by atomic mass is 10.2. The van der Waals surface area contributed by atoms with Gasteiger partial charge in [0.05, 0.1) is 5.02 Å². The minimum atomic E-state index is -4.39. The highest BCUT2D eigenvalue weighted by molar-refractivity contribution is 6.35. The third-order valence-electron chi connectivity index (χ3n) is 2.80. The summed E-state index contributed by atoms with van der Waals surface area (Å²) < 4.78 is 45.6. The number of alkyl halides is 3. The van der Waals surface area contributed by atoms with Crippen LogP contribution in [-0.4, -0.2) is 25.6 Å². The summed E-state index contributed by atoms with van der Waals surface area (Å²) in [7, 11) is 0. The first-order valence-corrected chi connectivity index (χ1v) is 7.09. The van der Waals surface area contributed by atoms with E-state index in [-0.39, 0.29) is 10.8 Å². The summed E-state index contributed by atoms with van der Waals surface area (Å²) >= 11 is 11.9. The lowest BCUT2D eigenvalue weighted by Crippen LogP contribution is -2.20. The van der Waals surface area contributed by atoms with Gasteiger partial charge in [-0.05, 0) is 25.0 Å². The molecule has 0 atom stereocenters. The van der Waals surface area contributed by atoms with E-state index in [1.807, 2.05) is 0 Å². The van der Waals surface area contributed by atoms with Crippen LogP contribution >= 0.6 is 23.2 Å². The van der Waals surface area contributed by atoms with Crippen LogP contribution in [0.5, 0.6) is 5.75 Å². The Morgan fingerprint density at radius 1 is 1.24 bits per heavy atom. The van der Waals surface area contributed by atoms with Gasteiger partial charge in [0.15, 0.2) is 6.79 Å². The average Bonchev–Trinajstić information content (AvgIpc) is 3.16. The molecule has 1 aromatic carbocycles. The van der Waals surface area contributed by atoms with Crippen molar-refractivity contribution in [3.63, 3.8) is 0 Å². The third-order valence-corrected chi connectivity index (χ3v) is 3.30. The summed E-state index contributed by atoms with van der Waals surface area (Å²) in [5.74, 6) is 0.288. The van der Waals surface area contributed by atoms with Gasteiger partial charge in [-0.1, -0.05) is 23.2 Å². The van der Waals surface area contributed by atoms with Crippen molar-refractivity contribution in [1.82, 2.24) is 5.32 Å². The molecule has 8 heteroatoms. The summed E-state index contributed by atoms with van der Waals surface area (Å²) in [4.78, 5) is 0. The molecule has 0 radical (unpaired) electrons. The van der Waals surface area contributed by atoms with Crippen LogP contribution in [0.1, 0.15) is 18.4 Å². The second-order valence-corrected chi connectivity index (χ2v) is 5.60. The van der Waals surface area contributed by atoms with Gasteiger partial charge in [-0.2, -0.15) is 13.2 Å². The van der Waals surface area contributed by atoms with E-state index in [4.69, 9.17) is 27.9 Å². The largest absolute Gasteiger partial charge is 0.466 e. The van der Waals surface area contributed by atoms with Gasteiger partial charge in [0, 0.05) is 23.2 Å². The molecule has 1 aliphatic carbocycles. The van der Waals surface area contributed by atoms with Gasteiger partial charge in [0.1, 0.15) is 12.4 Å². The summed E-state index contributed by atoms with van der Waals surface area (Å²) in [5, 5.41) is 3.95. The minimum Gasteiger partial charge on any atom is -0.466 e. The van der Waals surface area contributed by atoms with E-state index in [1.165, 1.54) is 6.07 Å². The maximum Gasteiger partial charge on any atom is 0.411 e. The molecule has 1 aromatic rings. The Bertz CT molecular complexity index is 493. The predicted molar refractivity (Wildman–Crippen MR) is 73.8 cm³/mol. The Morgan fingerprint density at radius 3 is 2.57 bits per heavy atom. The van der Waals surface area contributed by atoms with E-state index < -0.39 is 19.6 Å². The molecule has 0 bridgehead atoms. The number of hydrogen-bond acceptors (Lipinski definition) is 3. The number of halogens is 5. The van der Waals surface area contributed by atoms with Crippen molar-refractivity contribution < 1.29 is 22.6 Å². The lowest BCUT2D eigenvalue weighted by Gasteiger charge is -2.15. The van der Waals surface area contributed by atoms with Gasteiger partial charge >= 0.3 is 6.18 Å². The SMILES string of the molecule is FC(F)(F)COCOc1c(Cl)cc(Cl)cc1CNC1CC1. The van der Waals surface area contributed by atoms with Crippen LogP contribution in [-0.2, 0) is 11.3 Å². The van der Waals surface area contributed by atoms with Gasteiger partial charge in [-0.15, -0.1) is 0 Å². The molecule has 0 heterocycles. The summed E-state index contributed by atoms with van der Waals surface area (Å²) in [6.07, 6.45) is -2.16. The van der Waals surface area contributed by atoms with Crippen LogP contribution in [0.25, 0.3) is 0 Å². The van der Waals surface area contributed by atoms with Crippen LogP contribution in [0, 0.1) is 0 Å². The van der Waals surface area contributed by atoms with Crippen molar-refractivity contribution in [2.75, 3.05) is 13.4 Å². The normalized spacial score (nSPS) is 15.3. The van der Waals surface area contributed by atoms with Crippen LogP contribution in [0.2, 0.25) is 10.0 Å². The highest BCUT2D eigenvalue weighted by Crippen LogP contribution is 2.33. The molecule has 3 nitrogen and oxygen atoms in total. The molecule has 118 valence electrons. The first-order valence-electron chi connectivity index (χ1n) is 6.34. The Hall–Kier alpha value is -0.690. The Kier molecular flexibility index (Phi) is 5.60. The predicted octanol–water partition coefficient (Wildman–Crippen LogP) is 4.16. The number of nitrogens with one attached hydrogen (secondary N) is 1. The van der Waals surface area contributed by atoms with E-state index in [1.54, 1.807) is 6.07 Å². The quantitative estimate of drug-likeness (QED) is 0.595. The Balaban J connectivity index is 1.95. The van der Waals surface area contributed by atoms with E-state index >= 15 is 0 Å². The molecule has 2 rings (SSSR count). The number of benzene rings is 1. The number of ether oxygens (including phenoxy) is 2. The molecule has 0 aromatic heterocycles. The van der Waals surface area contributed by atoms with Crippen LogP contribution in [0.15, 0.2) is 12.1 Å².